The number of oxime groups is 1. The maximum Gasteiger partial charge on any atom is 0.306 e. The molecule has 3 atom stereocenters. The summed E-state index contributed by atoms with van der Waals surface area (Å²) in [6.07, 6.45) is 3.46. The van der Waals surface area contributed by atoms with Crippen molar-refractivity contribution in [2.75, 3.05) is 38.2 Å². The third kappa shape index (κ3) is 6.95. The second-order valence-corrected chi connectivity index (χ2v) is 14.9. The fraction of sp³-hybridized carbons (Fsp3) is 0.552. The van der Waals surface area contributed by atoms with Gasteiger partial charge in [0.15, 0.2) is 32.9 Å². The zero-order valence-corrected chi connectivity index (χ0v) is 26.0. The molecule has 0 spiro atoms. The molecule has 15 heteroatoms. The highest BCUT2D eigenvalue weighted by atomic mass is 32.2. The number of anilines is 1. The Morgan fingerprint density at radius 2 is 1.95 bits per heavy atom. The van der Waals surface area contributed by atoms with Crippen molar-refractivity contribution >= 4 is 49.8 Å². The number of nitrogens with one attached hydrogen (secondary N) is 1. The van der Waals surface area contributed by atoms with Gasteiger partial charge in [-0.15, -0.1) is 11.3 Å². The van der Waals surface area contributed by atoms with E-state index >= 15 is 0 Å². The molecule has 2 amide bonds. The van der Waals surface area contributed by atoms with Crippen LogP contribution in [0.3, 0.4) is 0 Å². The average molecular weight is 646 g/mol. The Kier molecular flexibility index (Phi) is 8.98. The first-order valence-corrected chi connectivity index (χ1v) is 17.2. The molecule has 1 aromatic carbocycles. The normalized spacial score (nSPS) is 24.8. The van der Waals surface area contributed by atoms with Gasteiger partial charge >= 0.3 is 5.97 Å². The van der Waals surface area contributed by atoms with Crippen LogP contribution in [0.25, 0.3) is 0 Å². The highest BCUT2D eigenvalue weighted by molar-refractivity contribution is 7.92. The van der Waals surface area contributed by atoms with Crippen molar-refractivity contribution in [3.05, 3.63) is 40.9 Å². The van der Waals surface area contributed by atoms with Crippen LogP contribution in [0, 0.1) is 0 Å². The van der Waals surface area contributed by atoms with Crippen molar-refractivity contribution in [1.82, 2.24) is 14.8 Å². The van der Waals surface area contributed by atoms with E-state index in [-0.39, 0.29) is 46.3 Å². The molecular formula is C29H35N5O8S2. The molecular weight excluding hydrogens is 610 g/mol. The molecule has 4 aliphatic rings. The first-order valence-electron chi connectivity index (χ1n) is 14.8. The number of amides is 2. The second kappa shape index (κ2) is 12.9. The molecule has 2 aromatic rings. The minimum atomic E-state index is -3.37. The number of piperazine rings is 1. The second-order valence-electron chi connectivity index (χ2n) is 11.5. The Morgan fingerprint density at radius 1 is 1.16 bits per heavy atom. The smallest absolute Gasteiger partial charge is 0.306 e. The molecule has 0 bridgehead atoms. The maximum absolute atomic E-state index is 13.4. The monoisotopic (exact) mass is 645 g/mol. The number of hydrogen-bond acceptors (Lipinski definition) is 12. The molecule has 1 N–H and O–H groups in total. The minimum Gasteiger partial charge on any atom is -0.452 e. The topological polar surface area (TPSA) is 157 Å². The van der Waals surface area contributed by atoms with Crippen LogP contribution in [0.5, 0.6) is 0 Å². The van der Waals surface area contributed by atoms with E-state index in [4.69, 9.17) is 14.3 Å². The van der Waals surface area contributed by atoms with Crippen LogP contribution >= 0.6 is 11.3 Å². The van der Waals surface area contributed by atoms with E-state index in [2.05, 4.69) is 20.4 Å². The maximum atomic E-state index is 13.4. The summed E-state index contributed by atoms with van der Waals surface area (Å²) in [6.45, 7) is 5.34. The molecule has 44 heavy (non-hydrogen) atoms. The van der Waals surface area contributed by atoms with E-state index in [1.165, 1.54) is 23.5 Å². The van der Waals surface area contributed by atoms with E-state index in [9.17, 15) is 22.8 Å². The summed E-state index contributed by atoms with van der Waals surface area (Å²) in [6, 6.07) is 6.09. The Labute approximate surface area is 259 Å². The molecule has 1 aromatic heterocycles. The Morgan fingerprint density at radius 3 is 2.61 bits per heavy atom. The lowest BCUT2D eigenvalue weighted by atomic mass is 10.1. The van der Waals surface area contributed by atoms with Crippen molar-refractivity contribution < 1.29 is 37.1 Å². The van der Waals surface area contributed by atoms with Gasteiger partial charge in [0.25, 0.3) is 11.8 Å². The Bertz CT molecular complexity index is 1530. The van der Waals surface area contributed by atoms with E-state index in [0.717, 1.165) is 4.88 Å². The van der Waals surface area contributed by atoms with Crippen molar-refractivity contribution in [3.8, 4) is 0 Å². The fourth-order valence-corrected chi connectivity index (χ4v) is 8.03. The molecule has 13 nitrogen and oxygen atoms in total. The van der Waals surface area contributed by atoms with Crippen LogP contribution in [0.4, 0.5) is 5.13 Å². The Hall–Kier alpha value is -3.40. The zero-order chi connectivity index (χ0) is 30.8. The number of benzene rings is 1. The van der Waals surface area contributed by atoms with Gasteiger partial charge in [-0.3, -0.25) is 24.6 Å². The van der Waals surface area contributed by atoms with Gasteiger partial charge in [0.1, 0.15) is 0 Å². The molecule has 4 heterocycles. The van der Waals surface area contributed by atoms with Crippen molar-refractivity contribution in [3.63, 3.8) is 0 Å². The molecule has 0 radical (unpaired) electrons. The lowest BCUT2D eigenvalue weighted by Crippen LogP contribution is -2.55. The van der Waals surface area contributed by atoms with E-state index in [1.807, 2.05) is 6.92 Å². The molecule has 1 saturated carbocycles. The summed E-state index contributed by atoms with van der Waals surface area (Å²) in [7, 11) is -3.37. The molecule has 4 fully saturated rings. The van der Waals surface area contributed by atoms with Gasteiger partial charge in [-0.25, -0.2) is 13.4 Å². The van der Waals surface area contributed by atoms with Gasteiger partial charge < -0.3 is 19.2 Å². The summed E-state index contributed by atoms with van der Waals surface area (Å²) < 4.78 is 35.8. The van der Waals surface area contributed by atoms with E-state index in [1.54, 1.807) is 23.2 Å². The standard InChI is InChI=1S/C29H35N5O8S2/c1-18-15-33(11-12-34(18)28(37)24-8-9-25(35)41-24)16-21-14-30-29(43-21)31-27(36)26(32-42-20-10-13-40-17-20)19-2-4-22(5-3-19)44(38,39)23-6-7-23/h2-5,14,18,20,23-24H,6-13,15-17H2,1H3,(H,30,31,36)/t18-,20+,24-/m0/s1. The van der Waals surface area contributed by atoms with Crippen LogP contribution in [0.15, 0.2) is 40.5 Å². The van der Waals surface area contributed by atoms with Crippen LogP contribution in [-0.2, 0) is 45.1 Å². The highest BCUT2D eigenvalue weighted by Gasteiger charge is 2.38. The molecule has 3 saturated heterocycles. The summed E-state index contributed by atoms with van der Waals surface area (Å²) in [4.78, 5) is 52.8. The predicted molar refractivity (Wildman–Crippen MR) is 160 cm³/mol. The first kappa shape index (κ1) is 30.6. The van der Waals surface area contributed by atoms with Gasteiger partial charge in [-0.05, 0) is 31.9 Å². The number of cyclic esters (lactones) is 1. The molecule has 0 unspecified atom stereocenters. The SMILES string of the molecule is C[C@H]1CN(Cc2cnc(NC(=O)C(=NO[C@@H]3CCOC3)c3ccc(S(=O)(=O)C4CC4)cc3)s2)CCN1C(=O)[C@@H]1CCC(=O)O1. The van der Waals surface area contributed by atoms with Crippen molar-refractivity contribution in [2.24, 2.45) is 5.16 Å². The number of nitrogens with zero attached hydrogens (tertiary/aromatic N) is 4. The number of esters is 1. The minimum absolute atomic E-state index is 0.00609. The number of ether oxygens (including phenoxy) is 2. The highest BCUT2D eigenvalue weighted by Crippen LogP contribution is 2.33. The fourth-order valence-electron chi connectivity index (χ4n) is 5.53. The van der Waals surface area contributed by atoms with Gasteiger partial charge in [0, 0.05) is 68.1 Å². The lowest BCUT2D eigenvalue weighted by molar-refractivity contribution is -0.155. The molecule has 1 aliphatic carbocycles. The number of rotatable bonds is 10. The van der Waals surface area contributed by atoms with Gasteiger partial charge in [-0.1, -0.05) is 17.3 Å². The summed E-state index contributed by atoms with van der Waals surface area (Å²) in [5, 5.41) is 7.02. The third-order valence-corrected chi connectivity index (χ3v) is 11.3. The van der Waals surface area contributed by atoms with Crippen LogP contribution in [0.1, 0.15) is 49.5 Å². The Balaban J connectivity index is 1.08. The number of carbonyl (C=O) groups is 3. The van der Waals surface area contributed by atoms with Gasteiger partial charge in [0.05, 0.1) is 23.4 Å². The van der Waals surface area contributed by atoms with Crippen molar-refractivity contribution in [1.29, 1.82) is 0 Å². The average Bonchev–Trinajstić information content (AvgIpc) is 3.33. The largest absolute Gasteiger partial charge is 0.452 e. The number of carbonyl (C=O) groups excluding carboxylic acids is 3. The molecule has 6 rings (SSSR count). The van der Waals surface area contributed by atoms with Crippen LogP contribution in [-0.4, -0.2) is 103 Å². The first-order chi connectivity index (χ1) is 21.2. The summed E-state index contributed by atoms with van der Waals surface area (Å²) >= 11 is 1.34. The van der Waals surface area contributed by atoms with E-state index < -0.39 is 21.8 Å². The van der Waals surface area contributed by atoms with Gasteiger partial charge in [0.2, 0.25) is 0 Å². The molecule has 3 aliphatic heterocycles. The third-order valence-electron chi connectivity index (χ3n) is 8.12. The summed E-state index contributed by atoms with van der Waals surface area (Å²) in [5.41, 5.74) is 0.424. The van der Waals surface area contributed by atoms with E-state index in [0.29, 0.717) is 75.8 Å². The summed E-state index contributed by atoms with van der Waals surface area (Å²) in [5.74, 6) is -0.989. The number of sulfone groups is 1. The van der Waals surface area contributed by atoms with Gasteiger partial charge in [-0.2, -0.15) is 0 Å². The van der Waals surface area contributed by atoms with Crippen LogP contribution in [0.2, 0.25) is 0 Å². The molecule has 236 valence electrons. The number of hydrogen-bond donors (Lipinski definition) is 1. The van der Waals surface area contributed by atoms with Crippen LogP contribution < -0.4 is 5.32 Å². The quantitative estimate of drug-likeness (QED) is 0.230. The predicted octanol–water partition coefficient (Wildman–Crippen LogP) is 1.97. The lowest BCUT2D eigenvalue weighted by Gasteiger charge is -2.40. The number of thiazole rings is 1. The zero-order valence-electron chi connectivity index (χ0n) is 24.3. The number of aromatic nitrogens is 1. The van der Waals surface area contributed by atoms with Crippen molar-refractivity contribution in [2.45, 2.75) is 74.0 Å².